The van der Waals surface area contributed by atoms with Gasteiger partial charge in [0.2, 0.25) is 0 Å². The van der Waals surface area contributed by atoms with Crippen LogP contribution in [0.25, 0.3) is 0 Å². The van der Waals surface area contributed by atoms with Crippen LogP contribution in [0.2, 0.25) is 0 Å². The van der Waals surface area contributed by atoms with E-state index in [9.17, 15) is 0 Å². The van der Waals surface area contributed by atoms with Gasteiger partial charge in [-0.3, -0.25) is 0 Å². The lowest BCUT2D eigenvalue weighted by atomic mass is 9.80. The average molecular weight is 219 g/mol. The number of hydrogen-bond donors (Lipinski definition) is 1. The highest BCUT2D eigenvalue weighted by Gasteiger charge is 2.30. The molecule has 1 aromatic carbocycles. The van der Waals surface area contributed by atoms with Gasteiger partial charge < -0.3 is 10.5 Å². The monoisotopic (exact) mass is 219 g/mol. The average Bonchev–Trinajstić information content (AvgIpc) is 2.11. The van der Waals surface area contributed by atoms with Gasteiger partial charge in [0.25, 0.3) is 0 Å². The third-order valence-electron chi connectivity index (χ3n) is 3.60. The van der Waals surface area contributed by atoms with E-state index in [4.69, 9.17) is 10.5 Å². The molecule has 2 nitrogen and oxygen atoms in total. The molecule has 1 fully saturated rings. The normalized spacial score (nSPS) is 18.2. The van der Waals surface area contributed by atoms with E-state index >= 15 is 0 Å². The fourth-order valence-corrected chi connectivity index (χ4v) is 2.81. The van der Waals surface area contributed by atoms with Crippen molar-refractivity contribution < 1.29 is 4.74 Å². The smallest absolute Gasteiger partial charge is 0.0522 e. The third-order valence-corrected chi connectivity index (χ3v) is 3.60. The predicted octanol–water partition coefficient (Wildman–Crippen LogP) is 2.30. The molecule has 1 unspecified atom stereocenters. The maximum absolute atomic E-state index is 5.94. The Morgan fingerprint density at radius 1 is 1.25 bits per heavy atom. The molecule has 1 heterocycles. The third kappa shape index (κ3) is 2.00. The van der Waals surface area contributed by atoms with Crippen molar-refractivity contribution in [2.24, 2.45) is 11.7 Å². The summed E-state index contributed by atoms with van der Waals surface area (Å²) < 4.78 is 5.29. The van der Waals surface area contributed by atoms with Crippen molar-refractivity contribution in [3.63, 3.8) is 0 Å². The second kappa shape index (κ2) is 4.56. The van der Waals surface area contributed by atoms with E-state index < -0.39 is 0 Å². The van der Waals surface area contributed by atoms with Gasteiger partial charge in [0, 0.05) is 11.8 Å². The van der Waals surface area contributed by atoms with Gasteiger partial charge in [-0.1, -0.05) is 17.7 Å². The standard InChI is InChI=1S/C14H21NO/c1-9-4-10(2)14(11(3)5-9)13(6-15)12-7-16-8-12/h4-5,12-13H,6-8,15H2,1-3H3. The Hall–Kier alpha value is -0.860. The summed E-state index contributed by atoms with van der Waals surface area (Å²) in [7, 11) is 0. The number of nitrogens with two attached hydrogens (primary N) is 1. The van der Waals surface area contributed by atoms with E-state index in [-0.39, 0.29) is 0 Å². The zero-order valence-corrected chi connectivity index (χ0v) is 10.4. The molecule has 1 saturated heterocycles. The van der Waals surface area contributed by atoms with E-state index in [1.54, 1.807) is 0 Å². The second-order valence-electron chi connectivity index (χ2n) is 4.95. The molecule has 1 aliphatic heterocycles. The number of ether oxygens (including phenoxy) is 1. The lowest BCUT2D eigenvalue weighted by Crippen LogP contribution is -2.37. The highest BCUT2D eigenvalue weighted by molar-refractivity contribution is 5.40. The molecule has 0 amide bonds. The summed E-state index contributed by atoms with van der Waals surface area (Å²) in [5.74, 6) is 1.08. The van der Waals surface area contributed by atoms with Crippen molar-refractivity contribution in [3.8, 4) is 0 Å². The highest BCUT2D eigenvalue weighted by Crippen LogP contribution is 2.33. The number of aryl methyl sites for hydroxylation is 3. The van der Waals surface area contributed by atoms with Crippen LogP contribution in [0, 0.1) is 26.7 Å². The van der Waals surface area contributed by atoms with Crippen molar-refractivity contribution in [1.82, 2.24) is 0 Å². The largest absolute Gasteiger partial charge is 0.381 e. The molecule has 1 atom stereocenters. The van der Waals surface area contributed by atoms with Gasteiger partial charge in [0.1, 0.15) is 0 Å². The molecule has 0 aromatic heterocycles. The van der Waals surface area contributed by atoms with E-state index in [1.165, 1.54) is 22.3 Å². The first-order valence-electron chi connectivity index (χ1n) is 5.99. The molecule has 1 aromatic rings. The topological polar surface area (TPSA) is 35.2 Å². The van der Waals surface area contributed by atoms with Crippen LogP contribution in [-0.4, -0.2) is 19.8 Å². The van der Waals surface area contributed by atoms with Crippen LogP contribution in [0.5, 0.6) is 0 Å². The molecule has 0 spiro atoms. The SMILES string of the molecule is Cc1cc(C)c(C(CN)C2COC2)c(C)c1. The minimum Gasteiger partial charge on any atom is -0.381 e. The van der Waals surface area contributed by atoms with Gasteiger partial charge >= 0.3 is 0 Å². The van der Waals surface area contributed by atoms with E-state index in [0.717, 1.165) is 19.8 Å². The number of hydrogen-bond acceptors (Lipinski definition) is 2. The molecule has 0 radical (unpaired) electrons. The molecule has 0 aliphatic carbocycles. The van der Waals surface area contributed by atoms with Crippen molar-refractivity contribution in [3.05, 3.63) is 34.4 Å². The van der Waals surface area contributed by atoms with Crippen LogP contribution in [0.15, 0.2) is 12.1 Å². The molecule has 0 bridgehead atoms. The number of benzene rings is 1. The quantitative estimate of drug-likeness (QED) is 0.846. The lowest BCUT2D eigenvalue weighted by molar-refractivity contribution is -0.0438. The van der Waals surface area contributed by atoms with Gasteiger partial charge in [0.15, 0.2) is 0 Å². The molecular weight excluding hydrogens is 198 g/mol. The summed E-state index contributed by atoms with van der Waals surface area (Å²) in [6.07, 6.45) is 0. The first-order valence-corrected chi connectivity index (χ1v) is 5.99. The fraction of sp³-hybridized carbons (Fsp3) is 0.571. The Balaban J connectivity index is 2.36. The lowest BCUT2D eigenvalue weighted by Gasteiger charge is -2.35. The molecule has 0 saturated carbocycles. The second-order valence-corrected chi connectivity index (χ2v) is 4.95. The van der Waals surface area contributed by atoms with E-state index in [2.05, 4.69) is 32.9 Å². The first kappa shape index (κ1) is 11.6. The van der Waals surface area contributed by atoms with Crippen molar-refractivity contribution in [2.75, 3.05) is 19.8 Å². The Kier molecular flexibility index (Phi) is 3.31. The zero-order chi connectivity index (χ0) is 11.7. The summed E-state index contributed by atoms with van der Waals surface area (Å²) in [6.45, 7) is 8.99. The first-order chi connectivity index (χ1) is 7.63. The van der Waals surface area contributed by atoms with Crippen molar-refractivity contribution in [1.29, 1.82) is 0 Å². The van der Waals surface area contributed by atoms with Gasteiger partial charge in [-0.2, -0.15) is 0 Å². The predicted molar refractivity (Wildman–Crippen MR) is 66.8 cm³/mol. The van der Waals surface area contributed by atoms with Gasteiger partial charge in [-0.05, 0) is 44.0 Å². The minimum absolute atomic E-state index is 0.467. The molecule has 1 aliphatic rings. The summed E-state index contributed by atoms with van der Waals surface area (Å²) in [5, 5.41) is 0. The van der Waals surface area contributed by atoms with Crippen LogP contribution < -0.4 is 5.73 Å². The van der Waals surface area contributed by atoms with Crippen LogP contribution in [0.4, 0.5) is 0 Å². The summed E-state index contributed by atoms with van der Waals surface area (Å²) in [6, 6.07) is 4.51. The molecule has 2 N–H and O–H groups in total. The Labute approximate surface area is 97.8 Å². The summed E-state index contributed by atoms with van der Waals surface area (Å²) in [4.78, 5) is 0. The highest BCUT2D eigenvalue weighted by atomic mass is 16.5. The summed E-state index contributed by atoms with van der Waals surface area (Å²) in [5.41, 5.74) is 11.5. The minimum atomic E-state index is 0.467. The number of rotatable bonds is 3. The molecule has 2 heteroatoms. The van der Waals surface area contributed by atoms with E-state index in [1.807, 2.05) is 0 Å². The van der Waals surface area contributed by atoms with Crippen LogP contribution in [0.3, 0.4) is 0 Å². The van der Waals surface area contributed by atoms with Crippen LogP contribution in [-0.2, 0) is 4.74 Å². The van der Waals surface area contributed by atoms with Gasteiger partial charge in [-0.25, -0.2) is 0 Å². The summed E-state index contributed by atoms with van der Waals surface area (Å²) >= 11 is 0. The maximum atomic E-state index is 5.94. The van der Waals surface area contributed by atoms with Gasteiger partial charge in [-0.15, -0.1) is 0 Å². The van der Waals surface area contributed by atoms with Crippen LogP contribution in [0.1, 0.15) is 28.2 Å². The van der Waals surface area contributed by atoms with Crippen molar-refractivity contribution in [2.45, 2.75) is 26.7 Å². The van der Waals surface area contributed by atoms with Crippen LogP contribution >= 0.6 is 0 Å². The Morgan fingerprint density at radius 2 is 1.81 bits per heavy atom. The molecule has 2 rings (SSSR count). The van der Waals surface area contributed by atoms with E-state index in [0.29, 0.717) is 11.8 Å². The molecule has 88 valence electrons. The Bertz CT molecular complexity index is 359. The molecule has 16 heavy (non-hydrogen) atoms. The fourth-order valence-electron chi connectivity index (χ4n) is 2.81. The Morgan fingerprint density at radius 3 is 2.19 bits per heavy atom. The zero-order valence-electron chi connectivity index (χ0n) is 10.4. The molecular formula is C14H21NO. The van der Waals surface area contributed by atoms with Crippen molar-refractivity contribution >= 4 is 0 Å². The van der Waals surface area contributed by atoms with Gasteiger partial charge in [0.05, 0.1) is 13.2 Å². The maximum Gasteiger partial charge on any atom is 0.0522 e.